The summed E-state index contributed by atoms with van der Waals surface area (Å²) in [5.41, 5.74) is 1.77. The molecule has 1 amide bonds. The summed E-state index contributed by atoms with van der Waals surface area (Å²) >= 11 is 3.43. The van der Waals surface area contributed by atoms with Gasteiger partial charge in [-0.25, -0.2) is 4.98 Å². The van der Waals surface area contributed by atoms with Crippen LogP contribution < -0.4 is 5.56 Å². The summed E-state index contributed by atoms with van der Waals surface area (Å²) in [6, 6.07) is 23.6. The van der Waals surface area contributed by atoms with E-state index in [0.717, 1.165) is 10.2 Å². The number of aromatic nitrogens is 2. The van der Waals surface area contributed by atoms with Crippen LogP contribution in [-0.4, -0.2) is 26.9 Å². The van der Waals surface area contributed by atoms with Crippen molar-refractivity contribution in [3.63, 3.8) is 0 Å². The van der Waals surface area contributed by atoms with Gasteiger partial charge in [0, 0.05) is 16.6 Å². The van der Waals surface area contributed by atoms with E-state index in [2.05, 4.69) is 15.9 Å². The zero-order chi connectivity index (χ0) is 22.0. The minimum absolute atomic E-state index is 0.113. The van der Waals surface area contributed by atoms with Crippen LogP contribution in [-0.2, 0) is 0 Å². The highest BCUT2D eigenvalue weighted by molar-refractivity contribution is 9.10. The number of hydrogen-bond donors (Lipinski definition) is 0. The number of rotatable bonds is 5. The summed E-state index contributed by atoms with van der Waals surface area (Å²) in [7, 11) is 0. The first-order valence-corrected chi connectivity index (χ1v) is 10.9. The molecule has 0 radical (unpaired) electrons. The molecule has 0 aliphatic rings. The Labute approximate surface area is 189 Å². The van der Waals surface area contributed by atoms with Crippen LogP contribution in [0.2, 0.25) is 0 Å². The lowest BCUT2D eigenvalue weighted by atomic mass is 10.1. The molecule has 31 heavy (non-hydrogen) atoms. The van der Waals surface area contributed by atoms with Gasteiger partial charge >= 0.3 is 0 Å². The highest BCUT2D eigenvalue weighted by atomic mass is 79.9. The molecule has 6 heteroatoms. The predicted octanol–water partition coefficient (Wildman–Crippen LogP) is 5.37. The summed E-state index contributed by atoms with van der Waals surface area (Å²) in [6.07, 6.45) is 0. The maximum absolute atomic E-state index is 13.5. The second-order valence-electron chi connectivity index (χ2n) is 7.24. The number of carbonyl (C=O) groups is 1. The fraction of sp³-hybridized carbons (Fsp3) is 0.160. The fourth-order valence-corrected chi connectivity index (χ4v) is 4.18. The van der Waals surface area contributed by atoms with Crippen molar-refractivity contribution in [1.82, 2.24) is 14.5 Å². The van der Waals surface area contributed by atoms with E-state index in [-0.39, 0.29) is 11.5 Å². The largest absolute Gasteiger partial charge is 0.329 e. The Hall–Kier alpha value is -3.25. The summed E-state index contributed by atoms with van der Waals surface area (Å²) < 4.78 is 2.45. The molecule has 0 spiro atoms. The van der Waals surface area contributed by atoms with E-state index in [1.807, 2.05) is 74.5 Å². The molecule has 0 saturated carbocycles. The van der Waals surface area contributed by atoms with E-state index in [1.165, 1.54) is 0 Å². The van der Waals surface area contributed by atoms with Gasteiger partial charge in [0.25, 0.3) is 11.5 Å². The third-order valence-electron chi connectivity index (χ3n) is 5.33. The number of carbonyl (C=O) groups excluding carboxylic acids is 1. The molecule has 0 saturated heterocycles. The zero-order valence-corrected chi connectivity index (χ0v) is 18.9. The quantitative estimate of drug-likeness (QED) is 0.389. The van der Waals surface area contributed by atoms with Crippen LogP contribution in [0.3, 0.4) is 0 Å². The highest BCUT2D eigenvalue weighted by Crippen LogP contribution is 2.25. The second-order valence-corrected chi connectivity index (χ2v) is 8.16. The average Bonchev–Trinajstić information content (AvgIpc) is 2.80. The summed E-state index contributed by atoms with van der Waals surface area (Å²) in [4.78, 5) is 33.4. The first-order valence-electron chi connectivity index (χ1n) is 10.1. The van der Waals surface area contributed by atoms with Crippen LogP contribution in [0, 0.1) is 0 Å². The molecule has 1 unspecified atom stereocenters. The number of para-hydroxylation sites is 2. The molecule has 4 rings (SSSR count). The number of hydrogen-bond acceptors (Lipinski definition) is 3. The smallest absolute Gasteiger partial charge is 0.266 e. The Kier molecular flexibility index (Phi) is 6.00. The topological polar surface area (TPSA) is 55.2 Å². The number of benzene rings is 3. The summed E-state index contributed by atoms with van der Waals surface area (Å²) in [6.45, 7) is 4.32. The van der Waals surface area contributed by atoms with Gasteiger partial charge < -0.3 is 4.90 Å². The SMILES string of the molecule is CCN(C(=O)c1cccc(Br)c1)C(C)c1nc2ccccc2c(=O)n1-c1ccccc1. The molecule has 0 bridgehead atoms. The average molecular weight is 476 g/mol. The lowest BCUT2D eigenvalue weighted by molar-refractivity contribution is 0.0693. The van der Waals surface area contributed by atoms with Gasteiger partial charge in [-0.1, -0.05) is 52.3 Å². The maximum Gasteiger partial charge on any atom is 0.266 e. The van der Waals surface area contributed by atoms with Gasteiger partial charge in [-0.15, -0.1) is 0 Å². The Morgan fingerprint density at radius 3 is 2.45 bits per heavy atom. The highest BCUT2D eigenvalue weighted by Gasteiger charge is 2.26. The van der Waals surface area contributed by atoms with E-state index in [0.29, 0.717) is 28.8 Å². The molecule has 1 aromatic heterocycles. The molecule has 5 nitrogen and oxygen atoms in total. The van der Waals surface area contributed by atoms with Gasteiger partial charge in [-0.3, -0.25) is 14.2 Å². The van der Waals surface area contributed by atoms with Crippen LogP contribution in [0.5, 0.6) is 0 Å². The number of halogens is 1. The predicted molar refractivity (Wildman–Crippen MR) is 127 cm³/mol. The van der Waals surface area contributed by atoms with Gasteiger partial charge in [0.15, 0.2) is 0 Å². The molecule has 4 aromatic rings. The lowest BCUT2D eigenvalue weighted by Gasteiger charge is -2.29. The van der Waals surface area contributed by atoms with E-state index in [4.69, 9.17) is 4.98 Å². The number of nitrogens with zero attached hydrogens (tertiary/aromatic N) is 3. The summed E-state index contributed by atoms with van der Waals surface area (Å²) in [5.74, 6) is 0.415. The third kappa shape index (κ3) is 4.03. The molecule has 0 aliphatic carbocycles. The molecule has 0 N–H and O–H groups in total. The van der Waals surface area contributed by atoms with E-state index in [1.54, 1.807) is 27.7 Å². The molecule has 0 aliphatic heterocycles. The van der Waals surface area contributed by atoms with Crippen LogP contribution in [0.15, 0.2) is 88.1 Å². The van der Waals surface area contributed by atoms with Crippen molar-refractivity contribution < 1.29 is 4.79 Å². The van der Waals surface area contributed by atoms with Crippen molar-refractivity contribution >= 4 is 32.7 Å². The minimum Gasteiger partial charge on any atom is -0.329 e. The Bertz CT molecular complexity index is 1300. The molecule has 0 fully saturated rings. The maximum atomic E-state index is 13.5. The molecule has 1 heterocycles. The Morgan fingerprint density at radius 2 is 1.74 bits per heavy atom. The first-order chi connectivity index (χ1) is 15.0. The van der Waals surface area contributed by atoms with Gasteiger partial charge in [-0.2, -0.15) is 0 Å². The molecular weight excluding hydrogens is 454 g/mol. The normalized spacial score (nSPS) is 12.0. The summed E-state index contributed by atoms with van der Waals surface area (Å²) in [5, 5.41) is 0.545. The van der Waals surface area contributed by atoms with Crippen molar-refractivity contribution in [1.29, 1.82) is 0 Å². The standard InChI is InChI=1S/C25H22BrN3O2/c1-3-28(24(30)18-10-9-11-19(26)16-18)17(2)23-27-22-15-8-7-14-21(22)25(31)29(23)20-12-5-4-6-13-20/h4-17H,3H2,1-2H3. The molecular formula is C25H22BrN3O2. The molecule has 1 atom stereocenters. The van der Waals surface area contributed by atoms with Gasteiger partial charge in [0.2, 0.25) is 0 Å². The van der Waals surface area contributed by atoms with Gasteiger partial charge in [0.05, 0.1) is 22.6 Å². The van der Waals surface area contributed by atoms with E-state index in [9.17, 15) is 9.59 Å². The zero-order valence-electron chi connectivity index (χ0n) is 17.3. The van der Waals surface area contributed by atoms with Crippen molar-refractivity contribution in [3.05, 3.63) is 105 Å². The van der Waals surface area contributed by atoms with Gasteiger partial charge in [-0.05, 0) is 56.3 Å². The van der Waals surface area contributed by atoms with Crippen LogP contribution >= 0.6 is 15.9 Å². The second kappa shape index (κ2) is 8.86. The fourth-order valence-electron chi connectivity index (χ4n) is 3.78. The lowest BCUT2D eigenvalue weighted by Crippen LogP contribution is -2.37. The number of amides is 1. The van der Waals surface area contributed by atoms with Crippen molar-refractivity contribution in [2.75, 3.05) is 6.54 Å². The molecule has 156 valence electrons. The van der Waals surface area contributed by atoms with Crippen molar-refractivity contribution in [2.24, 2.45) is 0 Å². The van der Waals surface area contributed by atoms with Gasteiger partial charge in [0.1, 0.15) is 5.82 Å². The Balaban J connectivity index is 1.89. The van der Waals surface area contributed by atoms with Crippen LogP contribution in [0.4, 0.5) is 0 Å². The number of fused-ring (bicyclic) bond motifs is 1. The van der Waals surface area contributed by atoms with Crippen molar-refractivity contribution in [3.8, 4) is 5.69 Å². The third-order valence-corrected chi connectivity index (χ3v) is 5.82. The minimum atomic E-state index is -0.422. The molecule has 3 aromatic carbocycles. The Morgan fingerprint density at radius 1 is 1.03 bits per heavy atom. The van der Waals surface area contributed by atoms with Crippen molar-refractivity contribution in [2.45, 2.75) is 19.9 Å². The van der Waals surface area contributed by atoms with E-state index < -0.39 is 6.04 Å². The first kappa shape index (κ1) is 21.0. The van der Waals surface area contributed by atoms with Crippen LogP contribution in [0.25, 0.3) is 16.6 Å². The van der Waals surface area contributed by atoms with E-state index >= 15 is 0 Å². The van der Waals surface area contributed by atoms with Crippen LogP contribution in [0.1, 0.15) is 36.1 Å². The monoisotopic (exact) mass is 475 g/mol.